The number of aromatic nitrogens is 1. The van der Waals surface area contributed by atoms with Gasteiger partial charge in [-0.05, 0) is 6.07 Å². The predicted molar refractivity (Wildman–Crippen MR) is 67.3 cm³/mol. The molecule has 0 aliphatic carbocycles. The summed E-state index contributed by atoms with van der Waals surface area (Å²) in [5.41, 5.74) is 6.10. The van der Waals surface area contributed by atoms with Crippen LogP contribution in [0, 0.1) is 0 Å². The molecule has 0 amide bonds. The van der Waals surface area contributed by atoms with Crippen LogP contribution < -0.4 is 15.2 Å². The number of methoxy groups -OCH3 is 1. The van der Waals surface area contributed by atoms with Crippen LogP contribution >= 0.6 is 0 Å². The number of para-hydroxylation sites is 1. The Bertz CT molecular complexity index is 615. The van der Waals surface area contributed by atoms with Gasteiger partial charge in [-0.2, -0.15) is 0 Å². The highest BCUT2D eigenvalue weighted by Crippen LogP contribution is 2.38. The first-order valence-electron chi connectivity index (χ1n) is 5.55. The molecule has 1 aromatic heterocycles. The van der Waals surface area contributed by atoms with Crippen LogP contribution in [-0.4, -0.2) is 18.5 Å². The standard InChI is InChI=1S/C13H11F3N2O2/c1-19-11-6-12(17)18-7-9(11)8-4-2-3-5-10(8)20-13(14,15)16/h2-7H,1H3,(H2,17,18). The summed E-state index contributed by atoms with van der Waals surface area (Å²) in [5.74, 6) is 0.195. The van der Waals surface area contributed by atoms with Gasteiger partial charge in [0.2, 0.25) is 0 Å². The molecule has 1 heterocycles. The van der Waals surface area contributed by atoms with Crippen LogP contribution in [-0.2, 0) is 0 Å². The molecule has 0 saturated heterocycles. The van der Waals surface area contributed by atoms with Gasteiger partial charge in [-0.3, -0.25) is 0 Å². The van der Waals surface area contributed by atoms with Gasteiger partial charge < -0.3 is 15.2 Å². The highest BCUT2D eigenvalue weighted by atomic mass is 19.4. The van der Waals surface area contributed by atoms with E-state index >= 15 is 0 Å². The number of nitrogen functional groups attached to an aromatic ring is 1. The summed E-state index contributed by atoms with van der Waals surface area (Å²) in [5, 5.41) is 0. The summed E-state index contributed by atoms with van der Waals surface area (Å²) in [6.07, 6.45) is -3.43. The number of nitrogens with zero attached hydrogens (tertiary/aromatic N) is 1. The number of hydrogen-bond donors (Lipinski definition) is 1. The van der Waals surface area contributed by atoms with Gasteiger partial charge in [-0.1, -0.05) is 18.2 Å². The van der Waals surface area contributed by atoms with E-state index in [-0.39, 0.29) is 17.1 Å². The van der Waals surface area contributed by atoms with Crippen molar-refractivity contribution in [3.05, 3.63) is 36.5 Å². The first kappa shape index (κ1) is 14.0. The second-order valence-electron chi connectivity index (χ2n) is 3.85. The maximum absolute atomic E-state index is 12.4. The molecule has 1 aromatic carbocycles. The molecule has 2 aromatic rings. The van der Waals surface area contributed by atoms with Crippen molar-refractivity contribution in [3.8, 4) is 22.6 Å². The Hall–Kier alpha value is -2.44. The largest absolute Gasteiger partial charge is 0.573 e. The van der Waals surface area contributed by atoms with E-state index in [9.17, 15) is 13.2 Å². The predicted octanol–water partition coefficient (Wildman–Crippen LogP) is 3.24. The number of anilines is 1. The van der Waals surface area contributed by atoms with E-state index in [0.29, 0.717) is 11.3 Å². The van der Waals surface area contributed by atoms with Crippen LogP contribution in [0.5, 0.6) is 11.5 Å². The van der Waals surface area contributed by atoms with Crippen LogP contribution in [0.15, 0.2) is 36.5 Å². The smallest absolute Gasteiger partial charge is 0.496 e. The molecule has 2 rings (SSSR count). The maximum Gasteiger partial charge on any atom is 0.573 e. The van der Waals surface area contributed by atoms with Gasteiger partial charge in [0.1, 0.15) is 17.3 Å². The van der Waals surface area contributed by atoms with Gasteiger partial charge >= 0.3 is 6.36 Å². The molecule has 0 aliphatic rings. The third-order valence-electron chi connectivity index (χ3n) is 2.51. The minimum Gasteiger partial charge on any atom is -0.496 e. The normalized spacial score (nSPS) is 11.2. The van der Waals surface area contributed by atoms with Crippen LogP contribution in [0.2, 0.25) is 0 Å². The number of ether oxygens (including phenoxy) is 2. The number of alkyl halides is 3. The minimum absolute atomic E-state index is 0.208. The second kappa shape index (κ2) is 5.28. The van der Waals surface area contributed by atoms with Crippen molar-refractivity contribution in [3.63, 3.8) is 0 Å². The Morgan fingerprint density at radius 2 is 1.80 bits per heavy atom. The Morgan fingerprint density at radius 3 is 2.45 bits per heavy atom. The molecular weight excluding hydrogens is 273 g/mol. The average Bonchev–Trinajstić information content (AvgIpc) is 2.38. The third kappa shape index (κ3) is 3.11. The van der Waals surface area contributed by atoms with E-state index in [1.54, 1.807) is 6.07 Å². The van der Waals surface area contributed by atoms with Gasteiger partial charge in [-0.15, -0.1) is 13.2 Å². The number of hydrogen-bond acceptors (Lipinski definition) is 4. The van der Waals surface area contributed by atoms with E-state index in [0.717, 1.165) is 0 Å². The quantitative estimate of drug-likeness (QED) is 0.940. The summed E-state index contributed by atoms with van der Waals surface area (Å²) < 4.78 is 46.3. The molecule has 106 valence electrons. The van der Waals surface area contributed by atoms with Gasteiger partial charge in [0.25, 0.3) is 0 Å². The summed E-state index contributed by atoms with van der Waals surface area (Å²) in [4.78, 5) is 3.86. The van der Waals surface area contributed by atoms with E-state index in [4.69, 9.17) is 10.5 Å². The minimum atomic E-state index is -4.77. The van der Waals surface area contributed by atoms with E-state index in [1.807, 2.05) is 0 Å². The van der Waals surface area contributed by atoms with E-state index < -0.39 is 6.36 Å². The van der Waals surface area contributed by atoms with E-state index in [1.165, 1.54) is 37.6 Å². The van der Waals surface area contributed by atoms with Crippen molar-refractivity contribution in [2.45, 2.75) is 6.36 Å². The number of rotatable bonds is 3. The first-order valence-corrected chi connectivity index (χ1v) is 5.55. The second-order valence-corrected chi connectivity index (χ2v) is 3.85. The van der Waals surface area contributed by atoms with Crippen molar-refractivity contribution in [1.82, 2.24) is 4.98 Å². The molecule has 0 aliphatic heterocycles. The Morgan fingerprint density at radius 1 is 1.10 bits per heavy atom. The molecule has 20 heavy (non-hydrogen) atoms. The van der Waals surface area contributed by atoms with Crippen LogP contribution in [0.1, 0.15) is 0 Å². The number of benzene rings is 1. The van der Waals surface area contributed by atoms with Gasteiger partial charge in [-0.25, -0.2) is 4.98 Å². The fourth-order valence-electron chi connectivity index (χ4n) is 1.73. The summed E-state index contributed by atoms with van der Waals surface area (Å²) in [7, 11) is 1.39. The highest BCUT2D eigenvalue weighted by molar-refractivity contribution is 5.76. The molecule has 0 saturated carbocycles. The van der Waals surface area contributed by atoms with Crippen molar-refractivity contribution in [1.29, 1.82) is 0 Å². The zero-order valence-corrected chi connectivity index (χ0v) is 10.4. The molecule has 0 bridgehead atoms. The zero-order chi connectivity index (χ0) is 14.8. The van der Waals surface area contributed by atoms with Gasteiger partial charge in [0.15, 0.2) is 0 Å². The molecule has 0 unspecified atom stereocenters. The lowest BCUT2D eigenvalue weighted by molar-refractivity contribution is -0.274. The fraction of sp³-hybridized carbons (Fsp3) is 0.154. The number of pyridine rings is 1. The van der Waals surface area contributed by atoms with Crippen LogP contribution in [0.25, 0.3) is 11.1 Å². The lowest BCUT2D eigenvalue weighted by atomic mass is 10.1. The van der Waals surface area contributed by atoms with Gasteiger partial charge in [0, 0.05) is 23.4 Å². The molecule has 0 spiro atoms. The topological polar surface area (TPSA) is 57.4 Å². The molecule has 2 N–H and O–H groups in total. The fourth-order valence-corrected chi connectivity index (χ4v) is 1.73. The number of nitrogens with two attached hydrogens (primary N) is 1. The van der Waals surface area contributed by atoms with Crippen molar-refractivity contribution in [2.24, 2.45) is 0 Å². The lowest BCUT2D eigenvalue weighted by Gasteiger charge is -2.15. The SMILES string of the molecule is COc1cc(N)ncc1-c1ccccc1OC(F)(F)F. The Balaban J connectivity index is 2.53. The average molecular weight is 284 g/mol. The molecule has 0 radical (unpaired) electrons. The summed E-state index contributed by atoms with van der Waals surface area (Å²) in [6, 6.07) is 7.17. The van der Waals surface area contributed by atoms with Gasteiger partial charge in [0.05, 0.1) is 7.11 Å². The van der Waals surface area contributed by atoms with E-state index in [2.05, 4.69) is 9.72 Å². The Labute approximate surface area is 113 Å². The molecule has 4 nitrogen and oxygen atoms in total. The highest BCUT2D eigenvalue weighted by Gasteiger charge is 2.32. The summed E-state index contributed by atoms with van der Waals surface area (Å²) in [6.45, 7) is 0. The van der Waals surface area contributed by atoms with Crippen LogP contribution in [0.3, 0.4) is 0 Å². The molecule has 7 heteroatoms. The Kier molecular flexibility index (Phi) is 3.69. The number of halogens is 3. The zero-order valence-electron chi connectivity index (χ0n) is 10.4. The molecule has 0 atom stereocenters. The van der Waals surface area contributed by atoms with Crippen molar-refractivity contribution in [2.75, 3.05) is 12.8 Å². The van der Waals surface area contributed by atoms with Crippen LogP contribution in [0.4, 0.5) is 19.0 Å². The monoisotopic (exact) mass is 284 g/mol. The van der Waals surface area contributed by atoms with Crippen molar-refractivity contribution < 1.29 is 22.6 Å². The lowest BCUT2D eigenvalue weighted by Crippen LogP contribution is -2.17. The summed E-state index contributed by atoms with van der Waals surface area (Å²) >= 11 is 0. The maximum atomic E-state index is 12.4. The third-order valence-corrected chi connectivity index (χ3v) is 2.51. The first-order chi connectivity index (χ1) is 9.40. The molecule has 0 fully saturated rings. The van der Waals surface area contributed by atoms with Crippen molar-refractivity contribution >= 4 is 5.82 Å². The molecular formula is C13H11F3N2O2.